The number of anilines is 2. The van der Waals surface area contributed by atoms with Crippen LogP contribution < -0.4 is 9.80 Å². The molecule has 1 unspecified atom stereocenters. The van der Waals surface area contributed by atoms with Crippen LogP contribution in [0.2, 0.25) is 10.0 Å². The van der Waals surface area contributed by atoms with Gasteiger partial charge in [-0.3, -0.25) is 0 Å². The lowest BCUT2D eigenvalue weighted by Gasteiger charge is -2.34. The molecule has 2 aliphatic rings. The molecule has 0 spiro atoms. The van der Waals surface area contributed by atoms with E-state index in [-0.39, 0.29) is 6.10 Å². The van der Waals surface area contributed by atoms with Crippen LogP contribution in [0.4, 0.5) is 11.6 Å². The van der Waals surface area contributed by atoms with Crippen molar-refractivity contribution in [2.24, 2.45) is 0 Å². The van der Waals surface area contributed by atoms with E-state index in [2.05, 4.69) is 25.8 Å². The summed E-state index contributed by atoms with van der Waals surface area (Å²) >= 11 is 14.2. The maximum atomic E-state index is 6.16. The lowest BCUT2D eigenvalue weighted by Crippen LogP contribution is -2.39. The van der Waals surface area contributed by atoms with Gasteiger partial charge in [0, 0.05) is 43.8 Å². The Morgan fingerprint density at radius 2 is 1.73 bits per heavy atom. The van der Waals surface area contributed by atoms with Gasteiger partial charge in [-0.1, -0.05) is 29.3 Å². The second-order valence-corrected chi connectivity index (χ2v) is 8.35. The van der Waals surface area contributed by atoms with Crippen molar-refractivity contribution in [2.75, 3.05) is 54.1 Å². The monoisotopic (exact) mass is 410 g/mol. The highest BCUT2D eigenvalue weighted by Gasteiger charge is 2.24. The summed E-state index contributed by atoms with van der Waals surface area (Å²) < 4.78 is 5.96. The molecule has 2 aliphatic heterocycles. The van der Waals surface area contributed by atoms with Crippen LogP contribution in [-0.4, -0.2) is 54.3 Å². The Bertz CT molecular complexity index is 773. The number of nitrogens with zero attached hydrogens (tertiary/aromatic N) is 4. The number of thioether (sulfide) groups is 1. The van der Waals surface area contributed by atoms with Crippen molar-refractivity contribution in [3.8, 4) is 0 Å². The third-order valence-electron chi connectivity index (χ3n) is 4.68. The van der Waals surface area contributed by atoms with Crippen molar-refractivity contribution in [1.29, 1.82) is 0 Å². The molecule has 0 amide bonds. The standard InChI is InChI=1S/C18H20Cl2N4OS/c19-14-2-1-13(9-15(14)20)16-11-24(3-6-25-16)18-10-17(21-12-22-18)23-4-7-26-8-5-23/h1-2,9-10,12,16H,3-8,11H2. The molecule has 138 valence electrons. The van der Waals surface area contributed by atoms with E-state index in [1.165, 1.54) is 0 Å². The molecule has 2 fully saturated rings. The molecule has 0 radical (unpaired) electrons. The molecule has 2 saturated heterocycles. The third kappa shape index (κ3) is 4.03. The minimum atomic E-state index is -0.0525. The molecule has 5 nitrogen and oxygen atoms in total. The molecule has 26 heavy (non-hydrogen) atoms. The molecule has 3 heterocycles. The van der Waals surface area contributed by atoms with Crippen molar-refractivity contribution < 1.29 is 4.74 Å². The van der Waals surface area contributed by atoms with Crippen molar-refractivity contribution >= 4 is 46.6 Å². The normalized spacial score (nSPS) is 21.1. The van der Waals surface area contributed by atoms with Gasteiger partial charge < -0.3 is 14.5 Å². The number of hydrogen-bond acceptors (Lipinski definition) is 6. The largest absolute Gasteiger partial charge is 0.370 e. The number of rotatable bonds is 3. The van der Waals surface area contributed by atoms with E-state index in [0.29, 0.717) is 16.7 Å². The van der Waals surface area contributed by atoms with Crippen LogP contribution in [0.3, 0.4) is 0 Å². The fourth-order valence-electron chi connectivity index (χ4n) is 3.25. The minimum Gasteiger partial charge on any atom is -0.370 e. The van der Waals surface area contributed by atoms with Crippen LogP contribution in [-0.2, 0) is 4.74 Å². The Labute approximate surface area is 167 Å². The highest BCUT2D eigenvalue weighted by molar-refractivity contribution is 7.99. The number of ether oxygens (including phenoxy) is 1. The zero-order valence-corrected chi connectivity index (χ0v) is 16.6. The topological polar surface area (TPSA) is 41.5 Å². The maximum absolute atomic E-state index is 6.16. The molecular formula is C18H20Cl2N4OS. The lowest BCUT2D eigenvalue weighted by atomic mass is 10.1. The highest BCUT2D eigenvalue weighted by Crippen LogP contribution is 2.30. The van der Waals surface area contributed by atoms with Crippen LogP contribution >= 0.6 is 35.0 Å². The van der Waals surface area contributed by atoms with E-state index in [0.717, 1.165) is 54.9 Å². The van der Waals surface area contributed by atoms with Gasteiger partial charge in [-0.25, -0.2) is 9.97 Å². The van der Waals surface area contributed by atoms with E-state index in [4.69, 9.17) is 27.9 Å². The van der Waals surface area contributed by atoms with Gasteiger partial charge in [0.2, 0.25) is 0 Å². The predicted octanol–water partition coefficient (Wildman–Crippen LogP) is 3.91. The first-order chi connectivity index (χ1) is 12.7. The van der Waals surface area contributed by atoms with E-state index >= 15 is 0 Å². The van der Waals surface area contributed by atoms with Gasteiger partial charge in [-0.05, 0) is 17.7 Å². The number of halogens is 2. The van der Waals surface area contributed by atoms with Crippen LogP contribution in [0, 0.1) is 0 Å². The first-order valence-corrected chi connectivity index (χ1v) is 10.6. The molecule has 2 aromatic rings. The summed E-state index contributed by atoms with van der Waals surface area (Å²) in [4.78, 5) is 13.6. The zero-order chi connectivity index (χ0) is 17.9. The van der Waals surface area contributed by atoms with E-state index < -0.39 is 0 Å². The zero-order valence-electron chi connectivity index (χ0n) is 14.3. The average Bonchev–Trinajstić information content (AvgIpc) is 2.71. The molecule has 0 saturated carbocycles. The quantitative estimate of drug-likeness (QED) is 0.763. The summed E-state index contributed by atoms with van der Waals surface area (Å²) in [6, 6.07) is 7.76. The van der Waals surface area contributed by atoms with Crippen molar-refractivity contribution in [3.63, 3.8) is 0 Å². The van der Waals surface area contributed by atoms with E-state index in [1.807, 2.05) is 30.0 Å². The number of benzene rings is 1. The average molecular weight is 411 g/mol. The molecule has 1 atom stereocenters. The van der Waals surface area contributed by atoms with Crippen molar-refractivity contribution in [3.05, 3.63) is 46.2 Å². The smallest absolute Gasteiger partial charge is 0.134 e. The molecule has 4 rings (SSSR count). The second-order valence-electron chi connectivity index (χ2n) is 6.31. The summed E-state index contributed by atoms with van der Waals surface area (Å²) in [6.45, 7) is 4.26. The summed E-state index contributed by atoms with van der Waals surface area (Å²) in [7, 11) is 0. The Balaban J connectivity index is 1.51. The molecule has 0 N–H and O–H groups in total. The molecule has 0 bridgehead atoms. The summed E-state index contributed by atoms with van der Waals surface area (Å²) in [6.07, 6.45) is 1.61. The highest BCUT2D eigenvalue weighted by atomic mass is 35.5. The van der Waals surface area contributed by atoms with Gasteiger partial charge in [-0.2, -0.15) is 11.8 Å². The molecule has 1 aromatic heterocycles. The van der Waals surface area contributed by atoms with Crippen LogP contribution in [0.25, 0.3) is 0 Å². The predicted molar refractivity (Wildman–Crippen MR) is 109 cm³/mol. The Kier molecular flexibility index (Phi) is 5.74. The molecule has 8 heteroatoms. The molecular weight excluding hydrogens is 391 g/mol. The molecule has 1 aromatic carbocycles. The Morgan fingerprint density at radius 3 is 2.50 bits per heavy atom. The number of hydrogen-bond donors (Lipinski definition) is 0. The number of aromatic nitrogens is 2. The van der Waals surface area contributed by atoms with E-state index in [1.54, 1.807) is 6.33 Å². The van der Waals surface area contributed by atoms with Crippen molar-refractivity contribution in [1.82, 2.24) is 9.97 Å². The maximum Gasteiger partial charge on any atom is 0.134 e. The summed E-state index contributed by atoms with van der Waals surface area (Å²) in [5.41, 5.74) is 1.03. The van der Waals surface area contributed by atoms with Gasteiger partial charge in [-0.15, -0.1) is 0 Å². The van der Waals surface area contributed by atoms with Crippen LogP contribution in [0.5, 0.6) is 0 Å². The Hall–Kier alpha value is -1.21. The van der Waals surface area contributed by atoms with Gasteiger partial charge in [0.05, 0.1) is 16.7 Å². The SMILES string of the molecule is Clc1ccc(C2CN(c3cc(N4CCSCC4)ncn3)CCO2)cc1Cl. The fraction of sp³-hybridized carbons (Fsp3) is 0.444. The minimum absolute atomic E-state index is 0.0525. The van der Waals surface area contributed by atoms with Crippen molar-refractivity contribution in [2.45, 2.75) is 6.10 Å². The third-order valence-corrected chi connectivity index (χ3v) is 6.36. The first-order valence-electron chi connectivity index (χ1n) is 8.67. The van der Waals surface area contributed by atoms with Crippen LogP contribution in [0.15, 0.2) is 30.6 Å². The van der Waals surface area contributed by atoms with E-state index in [9.17, 15) is 0 Å². The fourth-order valence-corrected chi connectivity index (χ4v) is 4.46. The summed E-state index contributed by atoms with van der Waals surface area (Å²) in [5, 5.41) is 1.11. The van der Waals surface area contributed by atoms with Gasteiger partial charge in [0.1, 0.15) is 24.1 Å². The van der Waals surface area contributed by atoms with Gasteiger partial charge in [0.15, 0.2) is 0 Å². The van der Waals surface area contributed by atoms with Crippen LogP contribution in [0.1, 0.15) is 11.7 Å². The molecule has 0 aliphatic carbocycles. The summed E-state index contributed by atoms with van der Waals surface area (Å²) in [5.74, 6) is 4.25. The first kappa shape index (κ1) is 18.2. The van der Waals surface area contributed by atoms with Gasteiger partial charge in [0.25, 0.3) is 0 Å². The second kappa shape index (κ2) is 8.21. The number of morpholine rings is 1. The Morgan fingerprint density at radius 1 is 0.962 bits per heavy atom. The van der Waals surface area contributed by atoms with Gasteiger partial charge >= 0.3 is 0 Å². The lowest BCUT2D eigenvalue weighted by molar-refractivity contribution is 0.0395.